The van der Waals surface area contributed by atoms with Gasteiger partial charge in [-0.1, -0.05) is 25.3 Å². The summed E-state index contributed by atoms with van der Waals surface area (Å²) < 4.78 is 0. The smallest absolute Gasteiger partial charge is 0.0413 e. The Morgan fingerprint density at radius 2 is 2.12 bits per heavy atom. The molecule has 1 saturated carbocycles. The summed E-state index contributed by atoms with van der Waals surface area (Å²) in [5, 5.41) is 2.16. The first kappa shape index (κ1) is 13.1. The summed E-state index contributed by atoms with van der Waals surface area (Å²) in [6, 6.07) is 5.76. The van der Waals surface area contributed by atoms with E-state index in [9.17, 15) is 0 Å². The molecule has 1 aromatic rings. The first-order valence-corrected chi connectivity index (χ1v) is 7.59. The topological polar surface area (TPSA) is 29.3 Å². The third-order valence-corrected chi connectivity index (χ3v) is 5.16. The van der Waals surface area contributed by atoms with Crippen molar-refractivity contribution >= 4 is 11.3 Å². The van der Waals surface area contributed by atoms with E-state index in [0.29, 0.717) is 18.1 Å². The minimum Gasteiger partial charge on any atom is -0.326 e. The molecule has 0 bridgehead atoms. The quantitative estimate of drug-likeness (QED) is 0.835. The van der Waals surface area contributed by atoms with E-state index in [1.807, 2.05) is 11.3 Å². The number of likely N-dealkylation sites (N-methyl/N-ethyl adjacent to an activating group) is 1. The molecular weight excluding hydrogens is 228 g/mol. The molecule has 1 aromatic heterocycles. The summed E-state index contributed by atoms with van der Waals surface area (Å²) in [5.41, 5.74) is 6.33. The summed E-state index contributed by atoms with van der Waals surface area (Å²) in [6.45, 7) is 2.30. The molecule has 0 aromatic carbocycles. The van der Waals surface area contributed by atoms with Crippen molar-refractivity contribution in [3.8, 4) is 0 Å². The van der Waals surface area contributed by atoms with E-state index in [4.69, 9.17) is 5.73 Å². The third kappa shape index (κ3) is 3.09. The lowest BCUT2D eigenvalue weighted by molar-refractivity contribution is 0.154. The zero-order valence-electron chi connectivity index (χ0n) is 10.9. The number of thiophene rings is 1. The molecule has 1 heterocycles. The van der Waals surface area contributed by atoms with Gasteiger partial charge in [-0.05, 0) is 38.3 Å². The van der Waals surface area contributed by atoms with Crippen molar-refractivity contribution < 1.29 is 0 Å². The molecule has 2 rings (SSSR count). The predicted molar refractivity (Wildman–Crippen MR) is 75.3 cm³/mol. The highest BCUT2D eigenvalue weighted by molar-refractivity contribution is 7.10. The second kappa shape index (κ2) is 5.98. The van der Waals surface area contributed by atoms with Gasteiger partial charge in [-0.25, -0.2) is 0 Å². The monoisotopic (exact) mass is 252 g/mol. The summed E-state index contributed by atoms with van der Waals surface area (Å²) in [5.74, 6) is 0. The first-order chi connectivity index (χ1) is 8.20. The van der Waals surface area contributed by atoms with Crippen molar-refractivity contribution in [2.24, 2.45) is 5.73 Å². The molecule has 1 aliphatic rings. The van der Waals surface area contributed by atoms with Crippen LogP contribution in [0.3, 0.4) is 0 Å². The molecule has 1 aliphatic carbocycles. The van der Waals surface area contributed by atoms with Crippen molar-refractivity contribution in [2.75, 3.05) is 7.05 Å². The number of nitrogens with zero attached hydrogens (tertiary/aromatic N) is 1. The first-order valence-electron chi connectivity index (χ1n) is 6.71. The van der Waals surface area contributed by atoms with Crippen LogP contribution in [-0.4, -0.2) is 24.0 Å². The molecule has 3 unspecified atom stereocenters. The molecule has 1 fully saturated rings. The minimum atomic E-state index is 0.352. The minimum absolute atomic E-state index is 0.352. The fraction of sp³-hybridized carbons (Fsp3) is 0.714. The molecule has 17 heavy (non-hydrogen) atoms. The number of rotatable bonds is 3. The molecule has 0 saturated heterocycles. The van der Waals surface area contributed by atoms with Crippen LogP contribution in [0.5, 0.6) is 0 Å². The Balaban J connectivity index is 2.04. The second-order valence-corrected chi connectivity index (χ2v) is 6.21. The average Bonchev–Trinajstić information content (AvgIpc) is 2.77. The maximum Gasteiger partial charge on any atom is 0.0413 e. The van der Waals surface area contributed by atoms with Gasteiger partial charge in [0.25, 0.3) is 0 Å². The van der Waals surface area contributed by atoms with Gasteiger partial charge in [0.1, 0.15) is 0 Å². The van der Waals surface area contributed by atoms with Gasteiger partial charge < -0.3 is 5.73 Å². The Morgan fingerprint density at radius 1 is 1.35 bits per heavy atom. The fourth-order valence-electron chi connectivity index (χ4n) is 2.84. The van der Waals surface area contributed by atoms with Crippen LogP contribution < -0.4 is 5.73 Å². The third-order valence-electron chi connectivity index (χ3n) is 4.12. The Morgan fingerprint density at radius 3 is 2.82 bits per heavy atom. The zero-order valence-corrected chi connectivity index (χ0v) is 11.7. The largest absolute Gasteiger partial charge is 0.326 e. The van der Waals surface area contributed by atoms with Crippen LogP contribution in [0.25, 0.3) is 0 Å². The molecule has 0 aliphatic heterocycles. The highest BCUT2D eigenvalue weighted by Crippen LogP contribution is 2.29. The molecule has 0 radical (unpaired) electrons. The normalized spacial score (nSPS) is 28.0. The summed E-state index contributed by atoms with van der Waals surface area (Å²) in [6.07, 6.45) is 6.43. The average molecular weight is 252 g/mol. The van der Waals surface area contributed by atoms with Crippen LogP contribution in [0, 0.1) is 0 Å². The van der Waals surface area contributed by atoms with Gasteiger partial charge in [0.15, 0.2) is 0 Å². The molecule has 2 N–H and O–H groups in total. The van der Waals surface area contributed by atoms with Gasteiger partial charge in [0, 0.05) is 23.0 Å². The highest BCUT2D eigenvalue weighted by atomic mass is 32.1. The van der Waals surface area contributed by atoms with Crippen molar-refractivity contribution in [1.82, 2.24) is 4.90 Å². The lowest BCUT2D eigenvalue weighted by Crippen LogP contribution is -2.46. The Kier molecular flexibility index (Phi) is 4.60. The van der Waals surface area contributed by atoms with Crippen molar-refractivity contribution in [1.29, 1.82) is 0 Å². The van der Waals surface area contributed by atoms with Gasteiger partial charge in [-0.15, -0.1) is 11.3 Å². The summed E-state index contributed by atoms with van der Waals surface area (Å²) >= 11 is 1.85. The second-order valence-electron chi connectivity index (χ2n) is 5.23. The Hall–Kier alpha value is -0.380. The number of hydrogen-bond donors (Lipinski definition) is 1. The highest BCUT2D eigenvalue weighted by Gasteiger charge is 2.27. The van der Waals surface area contributed by atoms with Gasteiger partial charge in [-0.2, -0.15) is 0 Å². The molecule has 2 nitrogen and oxygen atoms in total. The van der Waals surface area contributed by atoms with Crippen LogP contribution in [0.1, 0.15) is 49.9 Å². The van der Waals surface area contributed by atoms with Crippen molar-refractivity contribution in [3.63, 3.8) is 0 Å². The number of hydrogen-bond acceptors (Lipinski definition) is 3. The van der Waals surface area contributed by atoms with Gasteiger partial charge >= 0.3 is 0 Å². The molecule has 3 atom stereocenters. The number of nitrogens with two attached hydrogens (primary N) is 1. The van der Waals surface area contributed by atoms with Crippen LogP contribution >= 0.6 is 11.3 Å². The van der Waals surface area contributed by atoms with Gasteiger partial charge in [0.2, 0.25) is 0 Å². The van der Waals surface area contributed by atoms with Crippen molar-refractivity contribution in [2.45, 2.75) is 57.2 Å². The van der Waals surface area contributed by atoms with Crippen molar-refractivity contribution in [3.05, 3.63) is 22.4 Å². The lowest BCUT2D eigenvalue weighted by atomic mass is 10.0. The standard InChI is InChI=1S/C14H24N2S/c1-11(14-9-6-10-17-14)16(2)13-8-5-3-4-7-12(13)15/h6,9-13H,3-5,7-8,15H2,1-2H3. The van der Waals surface area contributed by atoms with E-state index >= 15 is 0 Å². The van der Waals surface area contributed by atoms with E-state index in [1.165, 1.54) is 37.0 Å². The fourth-order valence-corrected chi connectivity index (χ4v) is 3.67. The molecule has 3 heteroatoms. The van der Waals surface area contributed by atoms with E-state index in [2.05, 4.69) is 36.4 Å². The van der Waals surface area contributed by atoms with E-state index in [0.717, 1.165) is 0 Å². The maximum absolute atomic E-state index is 6.33. The van der Waals surface area contributed by atoms with Crippen LogP contribution in [0.15, 0.2) is 17.5 Å². The molecule has 0 amide bonds. The van der Waals surface area contributed by atoms with E-state index in [-0.39, 0.29) is 0 Å². The Bertz CT molecular complexity index is 323. The maximum atomic E-state index is 6.33. The predicted octanol–water partition coefficient (Wildman–Crippen LogP) is 3.40. The molecule has 96 valence electrons. The molecular formula is C14H24N2S. The van der Waals surface area contributed by atoms with Crippen LogP contribution in [0.2, 0.25) is 0 Å². The van der Waals surface area contributed by atoms with E-state index in [1.54, 1.807) is 0 Å². The lowest BCUT2D eigenvalue weighted by Gasteiger charge is -2.35. The summed E-state index contributed by atoms with van der Waals surface area (Å²) in [7, 11) is 2.24. The van der Waals surface area contributed by atoms with E-state index < -0.39 is 0 Å². The summed E-state index contributed by atoms with van der Waals surface area (Å²) in [4.78, 5) is 3.94. The van der Waals surface area contributed by atoms with Crippen LogP contribution in [0.4, 0.5) is 0 Å². The van der Waals surface area contributed by atoms with Gasteiger partial charge in [0.05, 0.1) is 0 Å². The zero-order chi connectivity index (χ0) is 12.3. The SMILES string of the molecule is CC(c1cccs1)N(C)C1CCCCCC1N. The van der Waals surface area contributed by atoms with Gasteiger partial charge in [-0.3, -0.25) is 4.90 Å². The van der Waals surface area contributed by atoms with Crippen LogP contribution in [-0.2, 0) is 0 Å². The Labute approximate surface area is 109 Å². The molecule has 0 spiro atoms.